The zero-order chi connectivity index (χ0) is 30.3. The molecule has 220 valence electrons. The number of aromatic hydroxyl groups is 1. The van der Waals surface area contributed by atoms with Crippen molar-refractivity contribution in [3.63, 3.8) is 0 Å². The molecular formula is C37H54O3. The first-order valence-corrected chi connectivity index (χ1v) is 15.1. The molecule has 3 aromatic carbocycles. The van der Waals surface area contributed by atoms with E-state index in [0.717, 1.165) is 35.8 Å². The molecule has 0 aromatic heterocycles. The van der Waals surface area contributed by atoms with Gasteiger partial charge in [0, 0.05) is 0 Å². The topological polar surface area (TPSA) is 60.7 Å². The Morgan fingerprint density at radius 1 is 0.725 bits per heavy atom. The maximum Gasteiger partial charge on any atom is 0.115 e. The summed E-state index contributed by atoms with van der Waals surface area (Å²) in [6.45, 7) is 20.4. The highest BCUT2D eigenvalue weighted by molar-refractivity contribution is 5.37. The fourth-order valence-corrected chi connectivity index (χ4v) is 4.91. The number of benzene rings is 3. The average Bonchev–Trinajstić information content (AvgIpc) is 3.20. The van der Waals surface area contributed by atoms with Crippen molar-refractivity contribution in [2.24, 2.45) is 5.92 Å². The summed E-state index contributed by atoms with van der Waals surface area (Å²) >= 11 is 0. The van der Waals surface area contributed by atoms with Crippen molar-refractivity contribution in [2.45, 2.75) is 117 Å². The first kappa shape index (κ1) is 33.6. The number of fused-ring (bicyclic) bond motifs is 1. The van der Waals surface area contributed by atoms with Gasteiger partial charge in [-0.3, -0.25) is 0 Å². The van der Waals surface area contributed by atoms with Crippen LogP contribution < -0.4 is 0 Å². The van der Waals surface area contributed by atoms with E-state index in [2.05, 4.69) is 65.8 Å². The van der Waals surface area contributed by atoms with Gasteiger partial charge < -0.3 is 15.3 Å². The molecule has 3 aromatic rings. The third-order valence-electron chi connectivity index (χ3n) is 8.57. The Kier molecular flexibility index (Phi) is 12.0. The van der Waals surface area contributed by atoms with Gasteiger partial charge in [-0.1, -0.05) is 96.1 Å². The molecule has 40 heavy (non-hydrogen) atoms. The lowest BCUT2D eigenvalue weighted by Crippen LogP contribution is -2.21. The van der Waals surface area contributed by atoms with Gasteiger partial charge in [0.15, 0.2) is 0 Å². The van der Waals surface area contributed by atoms with Crippen LogP contribution in [0.3, 0.4) is 0 Å². The predicted molar refractivity (Wildman–Crippen MR) is 170 cm³/mol. The second kappa shape index (κ2) is 14.3. The summed E-state index contributed by atoms with van der Waals surface area (Å²) in [5.74, 6) is 2.97. The molecule has 0 radical (unpaired) electrons. The lowest BCUT2D eigenvalue weighted by molar-refractivity contribution is 0.0716. The van der Waals surface area contributed by atoms with Crippen molar-refractivity contribution in [3.8, 4) is 5.75 Å². The quantitative estimate of drug-likeness (QED) is 0.288. The summed E-state index contributed by atoms with van der Waals surface area (Å²) in [5, 5.41) is 29.4. The fraction of sp³-hybridized carbons (Fsp3) is 0.514. The molecule has 3 N–H and O–H groups in total. The average molecular weight is 547 g/mol. The van der Waals surface area contributed by atoms with Crippen LogP contribution in [-0.2, 0) is 17.6 Å². The first-order valence-electron chi connectivity index (χ1n) is 15.1. The summed E-state index contributed by atoms with van der Waals surface area (Å²) in [7, 11) is 0. The molecular weight excluding hydrogens is 492 g/mol. The molecule has 4 atom stereocenters. The third-order valence-corrected chi connectivity index (χ3v) is 8.57. The SMILES string of the molecule is CC1Cc2ccccc2C1C.CCC(C)c1cc(C(C)(C)O)cc(C(C)(C)O)c1.CCC(C)c1ccc(O)cc1. The predicted octanol–water partition coefficient (Wildman–Crippen LogP) is 9.54. The zero-order valence-electron chi connectivity index (χ0n) is 26.6. The lowest BCUT2D eigenvalue weighted by Gasteiger charge is -2.26. The van der Waals surface area contributed by atoms with Crippen molar-refractivity contribution in [1.29, 1.82) is 0 Å². The second-order valence-electron chi connectivity index (χ2n) is 12.8. The van der Waals surface area contributed by atoms with Crippen molar-refractivity contribution in [2.75, 3.05) is 0 Å². The van der Waals surface area contributed by atoms with E-state index in [1.807, 2.05) is 30.3 Å². The van der Waals surface area contributed by atoms with Gasteiger partial charge in [-0.05, 0) is 116 Å². The molecule has 0 saturated carbocycles. The molecule has 4 rings (SSSR count). The van der Waals surface area contributed by atoms with E-state index in [9.17, 15) is 10.2 Å². The molecule has 4 unspecified atom stereocenters. The molecule has 0 bridgehead atoms. The molecule has 1 aliphatic rings. The molecule has 0 saturated heterocycles. The highest BCUT2D eigenvalue weighted by atomic mass is 16.3. The zero-order valence-corrected chi connectivity index (χ0v) is 26.6. The van der Waals surface area contributed by atoms with E-state index in [1.165, 1.54) is 17.5 Å². The van der Waals surface area contributed by atoms with Gasteiger partial charge >= 0.3 is 0 Å². The Morgan fingerprint density at radius 2 is 1.20 bits per heavy atom. The Hall–Kier alpha value is -2.62. The minimum absolute atomic E-state index is 0.344. The van der Waals surface area contributed by atoms with E-state index in [4.69, 9.17) is 5.11 Å². The smallest absolute Gasteiger partial charge is 0.115 e. The largest absolute Gasteiger partial charge is 0.508 e. The van der Waals surface area contributed by atoms with Crippen LogP contribution in [0.15, 0.2) is 66.7 Å². The van der Waals surface area contributed by atoms with Crippen LogP contribution >= 0.6 is 0 Å². The number of rotatable bonds is 6. The minimum Gasteiger partial charge on any atom is -0.508 e. The van der Waals surface area contributed by atoms with Gasteiger partial charge in [-0.2, -0.15) is 0 Å². The Bertz CT molecular complexity index is 1150. The monoisotopic (exact) mass is 546 g/mol. The lowest BCUT2D eigenvalue weighted by atomic mass is 9.85. The molecule has 0 heterocycles. The molecule has 1 aliphatic carbocycles. The standard InChI is InChI=1S/C16H26O2.C11H14.C10H14O/c1-7-11(2)12-8-13(15(3,4)17)10-14(9-12)16(5,6)18;1-8-7-10-5-3-4-6-11(10)9(8)2;1-3-8(2)9-4-6-10(11)7-5-9/h8-11,17-18H,7H2,1-6H3;3-6,8-9H,7H2,1-2H3;4-8,11H,3H2,1-2H3. The Labute approximate surface area is 244 Å². The van der Waals surface area contributed by atoms with Crippen LogP contribution in [0.25, 0.3) is 0 Å². The Morgan fingerprint density at radius 3 is 1.65 bits per heavy atom. The van der Waals surface area contributed by atoms with Crippen LogP contribution in [0.1, 0.15) is 133 Å². The van der Waals surface area contributed by atoms with E-state index < -0.39 is 11.2 Å². The molecule has 0 spiro atoms. The van der Waals surface area contributed by atoms with Crippen LogP contribution in [-0.4, -0.2) is 15.3 Å². The van der Waals surface area contributed by atoms with E-state index >= 15 is 0 Å². The summed E-state index contributed by atoms with van der Waals surface area (Å²) in [6, 6.07) is 22.2. The van der Waals surface area contributed by atoms with Crippen LogP contribution in [0.2, 0.25) is 0 Å². The summed E-state index contributed by atoms with van der Waals surface area (Å²) < 4.78 is 0. The van der Waals surface area contributed by atoms with Gasteiger partial charge in [0.2, 0.25) is 0 Å². The van der Waals surface area contributed by atoms with Gasteiger partial charge in [0.05, 0.1) is 11.2 Å². The van der Waals surface area contributed by atoms with Gasteiger partial charge in [0.1, 0.15) is 5.75 Å². The van der Waals surface area contributed by atoms with Gasteiger partial charge in [-0.25, -0.2) is 0 Å². The highest BCUT2D eigenvalue weighted by Crippen LogP contribution is 2.36. The maximum absolute atomic E-state index is 10.2. The van der Waals surface area contributed by atoms with Crippen LogP contribution in [0, 0.1) is 5.92 Å². The fourth-order valence-electron chi connectivity index (χ4n) is 4.91. The number of hydrogen-bond acceptors (Lipinski definition) is 3. The second-order valence-corrected chi connectivity index (χ2v) is 12.8. The first-order chi connectivity index (χ1) is 18.6. The number of phenols is 1. The maximum atomic E-state index is 10.2. The van der Waals surface area contributed by atoms with Crippen molar-refractivity contribution in [1.82, 2.24) is 0 Å². The molecule has 0 aliphatic heterocycles. The van der Waals surface area contributed by atoms with Gasteiger partial charge in [-0.15, -0.1) is 0 Å². The van der Waals surface area contributed by atoms with E-state index in [0.29, 0.717) is 17.6 Å². The number of hydrogen-bond donors (Lipinski definition) is 3. The van der Waals surface area contributed by atoms with Crippen LogP contribution in [0.4, 0.5) is 0 Å². The van der Waals surface area contributed by atoms with E-state index in [1.54, 1.807) is 51.0 Å². The molecule has 0 amide bonds. The van der Waals surface area contributed by atoms with Crippen molar-refractivity contribution < 1.29 is 15.3 Å². The normalized spacial score (nSPS) is 18.0. The van der Waals surface area contributed by atoms with E-state index in [-0.39, 0.29) is 0 Å². The third kappa shape index (κ3) is 9.49. The molecule has 3 heteroatoms. The number of phenolic OH excluding ortho intramolecular Hbond substituents is 1. The summed E-state index contributed by atoms with van der Waals surface area (Å²) in [6.07, 6.45) is 3.46. The molecule has 3 nitrogen and oxygen atoms in total. The number of aliphatic hydroxyl groups is 2. The van der Waals surface area contributed by atoms with Gasteiger partial charge in [0.25, 0.3) is 0 Å². The highest BCUT2D eigenvalue weighted by Gasteiger charge is 2.25. The minimum atomic E-state index is -0.885. The van der Waals surface area contributed by atoms with Crippen molar-refractivity contribution in [3.05, 3.63) is 100 Å². The van der Waals surface area contributed by atoms with Crippen LogP contribution in [0.5, 0.6) is 5.75 Å². The Balaban J connectivity index is 0.000000220. The molecule has 0 fully saturated rings. The van der Waals surface area contributed by atoms with Crippen molar-refractivity contribution >= 4 is 0 Å². The summed E-state index contributed by atoms with van der Waals surface area (Å²) in [4.78, 5) is 0. The summed E-state index contributed by atoms with van der Waals surface area (Å²) in [5.41, 5.74) is 5.55.